The van der Waals surface area contributed by atoms with Crippen LogP contribution in [-0.4, -0.2) is 29.2 Å². The van der Waals surface area contributed by atoms with Gasteiger partial charge in [0.2, 0.25) is 0 Å². The Kier molecular flexibility index (Phi) is 6.64. The van der Waals surface area contributed by atoms with E-state index >= 15 is 0 Å². The Morgan fingerprint density at radius 2 is 1.57 bits per heavy atom. The molecule has 8 heteroatoms. The normalized spacial score (nSPS) is 14.7. The third kappa shape index (κ3) is 3.95. The van der Waals surface area contributed by atoms with E-state index in [0.29, 0.717) is 17.9 Å². The fourth-order valence-corrected chi connectivity index (χ4v) is 3.72. The highest BCUT2D eigenvalue weighted by molar-refractivity contribution is 5.88. The zero-order valence-electron chi connectivity index (χ0n) is 16.9. The van der Waals surface area contributed by atoms with Crippen molar-refractivity contribution in [1.29, 1.82) is 0 Å². The molecule has 0 heterocycles. The van der Waals surface area contributed by atoms with Gasteiger partial charge in [0.05, 0.1) is 5.60 Å². The van der Waals surface area contributed by atoms with Gasteiger partial charge in [0.1, 0.15) is 6.10 Å². The van der Waals surface area contributed by atoms with Gasteiger partial charge in [-0.2, -0.15) is 26.3 Å². The van der Waals surface area contributed by atoms with E-state index in [4.69, 9.17) is 4.74 Å². The van der Waals surface area contributed by atoms with Crippen molar-refractivity contribution in [2.24, 2.45) is 0 Å². The molecule has 30 heavy (non-hydrogen) atoms. The Balaban J connectivity index is 2.67. The van der Waals surface area contributed by atoms with Gasteiger partial charge in [-0.25, -0.2) is 0 Å². The Morgan fingerprint density at radius 3 is 2.03 bits per heavy atom. The number of benzene rings is 2. The summed E-state index contributed by atoms with van der Waals surface area (Å²) in [7, 11) is 0. The molecule has 0 aromatic heterocycles. The average Bonchev–Trinajstić information content (AvgIpc) is 2.68. The first-order valence-corrected chi connectivity index (χ1v) is 9.46. The van der Waals surface area contributed by atoms with Crippen LogP contribution in [0.25, 0.3) is 16.8 Å². The molecule has 0 saturated carbocycles. The summed E-state index contributed by atoms with van der Waals surface area (Å²) in [6, 6.07) is 10.4. The van der Waals surface area contributed by atoms with Gasteiger partial charge in [-0.3, -0.25) is 0 Å². The first-order chi connectivity index (χ1) is 13.8. The molecule has 0 amide bonds. The third-order valence-electron chi connectivity index (χ3n) is 5.63. The van der Waals surface area contributed by atoms with Crippen molar-refractivity contribution in [3.05, 3.63) is 54.1 Å². The molecule has 0 saturated heterocycles. The number of fused-ring (bicyclic) bond motifs is 1. The van der Waals surface area contributed by atoms with Gasteiger partial charge in [-0.05, 0) is 47.7 Å². The summed E-state index contributed by atoms with van der Waals surface area (Å²) in [5.74, 6) is 0. The quantitative estimate of drug-likeness (QED) is 0.488. The Bertz CT molecular complexity index is 883. The van der Waals surface area contributed by atoms with Crippen LogP contribution >= 0.6 is 0 Å². The summed E-state index contributed by atoms with van der Waals surface area (Å²) in [6.07, 6.45) is -12.8. The minimum Gasteiger partial charge on any atom is -0.372 e. The van der Waals surface area contributed by atoms with E-state index in [-0.39, 0.29) is 12.8 Å². The molecule has 0 aliphatic heterocycles. The largest absolute Gasteiger partial charge is 0.428 e. The van der Waals surface area contributed by atoms with Gasteiger partial charge in [-0.15, -0.1) is 0 Å². The summed E-state index contributed by atoms with van der Waals surface area (Å²) in [6.45, 7) is 7.52. The molecule has 2 rings (SSSR count). The van der Waals surface area contributed by atoms with Crippen LogP contribution in [0.4, 0.5) is 26.3 Å². The second kappa shape index (κ2) is 8.23. The average molecular weight is 434 g/mol. The number of ether oxygens (including phenoxy) is 1. The SMILES string of the molecule is C=Cc1ccc2cccc(C(CC)(CC)OC(C)C(O)(C(F)(F)F)C(F)(F)F)c2c1. The number of halogens is 6. The van der Waals surface area contributed by atoms with Gasteiger partial charge < -0.3 is 9.84 Å². The highest BCUT2D eigenvalue weighted by atomic mass is 19.4. The van der Waals surface area contributed by atoms with E-state index in [0.717, 1.165) is 10.9 Å². The molecule has 0 aliphatic carbocycles. The number of rotatable bonds is 7. The highest BCUT2D eigenvalue weighted by Gasteiger charge is 2.74. The summed E-state index contributed by atoms with van der Waals surface area (Å²) >= 11 is 0. The molecule has 0 radical (unpaired) electrons. The lowest BCUT2D eigenvalue weighted by Crippen LogP contribution is -2.65. The van der Waals surface area contributed by atoms with E-state index in [9.17, 15) is 31.4 Å². The lowest BCUT2D eigenvalue weighted by molar-refractivity contribution is -0.400. The Labute approximate surface area is 171 Å². The highest BCUT2D eigenvalue weighted by Crippen LogP contribution is 2.49. The first-order valence-electron chi connectivity index (χ1n) is 9.46. The lowest BCUT2D eigenvalue weighted by Gasteiger charge is -2.43. The topological polar surface area (TPSA) is 29.5 Å². The van der Waals surface area contributed by atoms with Crippen molar-refractivity contribution in [1.82, 2.24) is 0 Å². The van der Waals surface area contributed by atoms with Crippen molar-refractivity contribution < 1.29 is 36.2 Å². The molecular weight excluding hydrogens is 410 g/mol. The Hall–Kier alpha value is -2.06. The van der Waals surface area contributed by atoms with Gasteiger partial charge in [0.15, 0.2) is 0 Å². The van der Waals surface area contributed by atoms with Crippen LogP contribution < -0.4 is 0 Å². The van der Waals surface area contributed by atoms with Crippen molar-refractivity contribution in [2.75, 3.05) is 0 Å². The molecule has 2 aromatic carbocycles. The van der Waals surface area contributed by atoms with Crippen LogP contribution in [0.5, 0.6) is 0 Å². The van der Waals surface area contributed by atoms with Crippen LogP contribution in [0.1, 0.15) is 44.7 Å². The molecule has 0 fully saturated rings. The second-order valence-corrected chi connectivity index (χ2v) is 7.21. The maximum absolute atomic E-state index is 13.3. The summed E-state index contributed by atoms with van der Waals surface area (Å²) < 4.78 is 85.5. The predicted molar refractivity (Wildman–Crippen MR) is 104 cm³/mol. The van der Waals surface area contributed by atoms with E-state index in [1.54, 1.807) is 56.3 Å². The number of hydrogen-bond donors (Lipinski definition) is 1. The molecule has 1 atom stereocenters. The monoisotopic (exact) mass is 434 g/mol. The molecule has 2 nitrogen and oxygen atoms in total. The van der Waals surface area contributed by atoms with Crippen LogP contribution in [-0.2, 0) is 10.3 Å². The number of alkyl halides is 6. The van der Waals surface area contributed by atoms with Crippen molar-refractivity contribution in [2.45, 2.75) is 63.3 Å². The molecular formula is C22H24F6O2. The molecule has 2 aromatic rings. The molecule has 166 valence electrons. The van der Waals surface area contributed by atoms with Gasteiger partial charge in [0.25, 0.3) is 5.60 Å². The summed E-state index contributed by atoms with van der Waals surface area (Å²) in [4.78, 5) is 0. The number of aliphatic hydroxyl groups is 1. The van der Waals surface area contributed by atoms with Gasteiger partial charge >= 0.3 is 12.4 Å². The van der Waals surface area contributed by atoms with Gasteiger partial charge in [0, 0.05) is 0 Å². The van der Waals surface area contributed by atoms with Gasteiger partial charge in [-0.1, -0.05) is 56.8 Å². The van der Waals surface area contributed by atoms with Crippen molar-refractivity contribution in [3.63, 3.8) is 0 Å². The van der Waals surface area contributed by atoms with Crippen LogP contribution in [0.2, 0.25) is 0 Å². The molecule has 1 N–H and O–H groups in total. The fraction of sp³-hybridized carbons (Fsp3) is 0.455. The summed E-state index contributed by atoms with van der Waals surface area (Å²) in [5, 5.41) is 11.1. The first kappa shape index (κ1) is 24.2. The predicted octanol–water partition coefficient (Wildman–Crippen LogP) is 6.76. The zero-order chi connectivity index (χ0) is 23.0. The maximum atomic E-state index is 13.3. The molecule has 0 aliphatic rings. The van der Waals surface area contributed by atoms with Crippen LogP contribution in [0.3, 0.4) is 0 Å². The second-order valence-electron chi connectivity index (χ2n) is 7.21. The van der Waals surface area contributed by atoms with E-state index in [1.165, 1.54) is 0 Å². The number of hydrogen-bond acceptors (Lipinski definition) is 2. The maximum Gasteiger partial charge on any atom is 0.428 e. The van der Waals surface area contributed by atoms with E-state index in [2.05, 4.69) is 6.58 Å². The van der Waals surface area contributed by atoms with E-state index in [1.807, 2.05) is 0 Å². The van der Waals surface area contributed by atoms with Crippen molar-refractivity contribution >= 4 is 16.8 Å². The standard InChI is InChI=1S/C22H24F6O2/c1-5-15-11-12-16-9-8-10-18(17(16)13-15)19(6-2,7-3)30-14(4)20(29,21(23,24)25)22(26,27)28/h5,8-14,29H,1,6-7H2,2-4H3. The molecule has 1 unspecified atom stereocenters. The lowest BCUT2D eigenvalue weighted by atomic mass is 9.83. The Morgan fingerprint density at radius 1 is 1.00 bits per heavy atom. The molecule has 0 bridgehead atoms. The minimum atomic E-state index is -5.97. The third-order valence-corrected chi connectivity index (χ3v) is 5.63. The van der Waals surface area contributed by atoms with Crippen molar-refractivity contribution in [3.8, 4) is 0 Å². The van der Waals surface area contributed by atoms with Crippen LogP contribution in [0.15, 0.2) is 43.0 Å². The smallest absolute Gasteiger partial charge is 0.372 e. The zero-order valence-corrected chi connectivity index (χ0v) is 16.9. The van der Waals surface area contributed by atoms with E-state index < -0.39 is 29.7 Å². The fourth-order valence-electron chi connectivity index (χ4n) is 3.72. The summed E-state index contributed by atoms with van der Waals surface area (Å²) in [5.41, 5.74) is -5.30. The molecule has 0 spiro atoms. The minimum absolute atomic E-state index is 0.0943. The van der Waals surface area contributed by atoms with Crippen LogP contribution in [0, 0.1) is 0 Å².